The number of likely N-dealkylation sites (tertiary alicyclic amines) is 1. The van der Waals surface area contributed by atoms with Crippen LogP contribution in [0.25, 0.3) is 39.0 Å². The number of halogens is 2. The van der Waals surface area contributed by atoms with Crippen LogP contribution in [0.5, 0.6) is 5.88 Å². The van der Waals surface area contributed by atoms with Crippen LogP contribution < -0.4 is 15.6 Å². The van der Waals surface area contributed by atoms with Crippen molar-refractivity contribution in [1.82, 2.24) is 34.3 Å². The Morgan fingerprint density at radius 1 is 1.00 bits per heavy atom. The fourth-order valence-corrected chi connectivity index (χ4v) is 8.36. The van der Waals surface area contributed by atoms with Gasteiger partial charge in [0.1, 0.15) is 16.9 Å². The summed E-state index contributed by atoms with van der Waals surface area (Å²) in [6.07, 6.45) is 3.68. The van der Waals surface area contributed by atoms with Gasteiger partial charge >= 0.3 is 12.1 Å². The normalized spacial score (nSPS) is 17.2. The number of piperidine rings is 1. The summed E-state index contributed by atoms with van der Waals surface area (Å²) >= 11 is 14.3. The molecule has 2 atom stereocenters. The lowest BCUT2D eigenvalue weighted by molar-refractivity contribution is -0.143. The first kappa shape index (κ1) is 41.7. The molecule has 16 heteroatoms. The van der Waals surface area contributed by atoms with Crippen LogP contribution in [0.2, 0.25) is 10.0 Å². The molecule has 2 aromatic carbocycles. The monoisotopic (exact) mass is 843 g/mol. The SMILES string of the molecule is COc1nc(-c2cccc(-c3cccc(-c4cc5c(=O)n(C)c(CN6CCC[C@H](C(=O)O)C6)nn5c4)c3Cl)c2Cl)ccc1CN(C[C@@H]1CCC(=O)N1)C(=O)OC(C)(C)C. The van der Waals surface area contributed by atoms with Crippen molar-refractivity contribution in [2.75, 3.05) is 26.7 Å². The summed E-state index contributed by atoms with van der Waals surface area (Å²) in [6.45, 7) is 7.29. The number of carbonyl (C=O) groups is 3. The lowest BCUT2D eigenvalue weighted by Crippen LogP contribution is -2.43. The van der Waals surface area contributed by atoms with Crippen molar-refractivity contribution in [2.24, 2.45) is 13.0 Å². The van der Waals surface area contributed by atoms with E-state index in [-0.39, 0.29) is 30.6 Å². The summed E-state index contributed by atoms with van der Waals surface area (Å²) in [7, 11) is 3.19. The number of benzene rings is 2. The van der Waals surface area contributed by atoms with Gasteiger partial charge in [-0.15, -0.1) is 0 Å². The number of aliphatic carboxylic acids is 1. The van der Waals surface area contributed by atoms with Gasteiger partial charge in [0.05, 0.1) is 41.9 Å². The van der Waals surface area contributed by atoms with E-state index in [9.17, 15) is 24.3 Å². The van der Waals surface area contributed by atoms with Gasteiger partial charge < -0.3 is 24.8 Å². The summed E-state index contributed by atoms with van der Waals surface area (Å²) in [5.41, 5.74) is 3.93. The van der Waals surface area contributed by atoms with E-state index in [1.165, 1.54) is 11.7 Å². The van der Waals surface area contributed by atoms with Crippen LogP contribution in [0.1, 0.15) is 57.8 Å². The maximum Gasteiger partial charge on any atom is 0.410 e. The molecule has 2 N–H and O–H groups in total. The highest BCUT2D eigenvalue weighted by molar-refractivity contribution is 6.39. The van der Waals surface area contributed by atoms with Gasteiger partial charge in [0.15, 0.2) is 0 Å². The Morgan fingerprint density at radius 2 is 1.69 bits per heavy atom. The molecular weight excluding hydrogens is 797 g/mol. The quantitative estimate of drug-likeness (QED) is 0.141. The zero-order valence-electron chi connectivity index (χ0n) is 33.6. The number of amides is 2. The van der Waals surface area contributed by atoms with Crippen LogP contribution in [-0.2, 0) is 34.5 Å². The number of hydrogen-bond donors (Lipinski definition) is 2. The first-order chi connectivity index (χ1) is 28.1. The van der Waals surface area contributed by atoms with Gasteiger partial charge in [0.2, 0.25) is 11.8 Å². The minimum atomic E-state index is -0.811. The zero-order chi connectivity index (χ0) is 42.2. The minimum absolute atomic E-state index is 0.0456. The van der Waals surface area contributed by atoms with Gasteiger partial charge in [-0.1, -0.05) is 59.6 Å². The Bertz CT molecular complexity index is 2490. The van der Waals surface area contributed by atoms with Crippen LogP contribution in [0.4, 0.5) is 4.79 Å². The van der Waals surface area contributed by atoms with Gasteiger partial charge in [0, 0.05) is 72.2 Å². The van der Waals surface area contributed by atoms with Gasteiger partial charge in [-0.3, -0.25) is 23.9 Å². The van der Waals surface area contributed by atoms with Gasteiger partial charge in [-0.2, -0.15) is 5.10 Å². The maximum absolute atomic E-state index is 13.6. The predicted molar refractivity (Wildman–Crippen MR) is 225 cm³/mol. The third-order valence-corrected chi connectivity index (χ3v) is 11.5. The van der Waals surface area contributed by atoms with Crippen molar-refractivity contribution in [3.8, 4) is 39.4 Å². The molecule has 2 amide bonds. The van der Waals surface area contributed by atoms with Crippen molar-refractivity contribution in [2.45, 2.75) is 71.2 Å². The van der Waals surface area contributed by atoms with Crippen LogP contribution in [0, 0.1) is 5.92 Å². The van der Waals surface area contributed by atoms with E-state index >= 15 is 0 Å². The third-order valence-electron chi connectivity index (χ3n) is 10.7. The highest BCUT2D eigenvalue weighted by Gasteiger charge is 2.30. The van der Waals surface area contributed by atoms with E-state index < -0.39 is 23.6 Å². The number of nitrogens with one attached hydrogen (secondary N) is 1. The molecule has 0 unspecified atom stereocenters. The van der Waals surface area contributed by atoms with Crippen LogP contribution in [-0.4, -0.2) is 90.4 Å². The molecule has 14 nitrogen and oxygen atoms in total. The van der Waals surface area contributed by atoms with Gasteiger partial charge in [-0.05, 0) is 64.8 Å². The first-order valence-electron chi connectivity index (χ1n) is 19.5. The second-order valence-electron chi connectivity index (χ2n) is 16.1. The van der Waals surface area contributed by atoms with E-state index in [4.69, 9.17) is 42.8 Å². The molecule has 7 rings (SSSR count). The number of rotatable bonds is 11. The number of ether oxygens (including phenoxy) is 2. The molecular formula is C43H47Cl2N7O7. The average molecular weight is 845 g/mol. The molecule has 0 bridgehead atoms. The van der Waals surface area contributed by atoms with Crippen molar-refractivity contribution in [3.63, 3.8) is 0 Å². The van der Waals surface area contributed by atoms with E-state index in [0.29, 0.717) is 98.7 Å². The van der Waals surface area contributed by atoms with E-state index in [2.05, 4.69) is 5.32 Å². The fourth-order valence-electron chi connectivity index (χ4n) is 7.69. The molecule has 0 spiro atoms. The summed E-state index contributed by atoms with van der Waals surface area (Å²) in [4.78, 5) is 58.8. The highest BCUT2D eigenvalue weighted by Crippen LogP contribution is 2.42. The van der Waals surface area contributed by atoms with Crippen LogP contribution in [0.15, 0.2) is 65.6 Å². The fraction of sp³-hybridized carbons (Fsp3) is 0.395. The molecule has 59 heavy (non-hydrogen) atoms. The molecule has 5 heterocycles. The minimum Gasteiger partial charge on any atom is -0.481 e. The Kier molecular flexibility index (Phi) is 12.0. The number of carboxylic acid groups (broad SMARTS) is 1. The third kappa shape index (κ3) is 9.09. The molecule has 2 aliphatic heterocycles. The second-order valence-corrected chi connectivity index (χ2v) is 16.9. The number of pyridine rings is 1. The number of methoxy groups -OCH3 is 1. The molecule has 2 saturated heterocycles. The van der Waals surface area contributed by atoms with Crippen LogP contribution in [0.3, 0.4) is 0 Å². The first-order valence-corrected chi connectivity index (χ1v) is 20.3. The number of aromatic nitrogens is 4. The number of fused-ring (bicyclic) bond motifs is 1. The van der Waals surface area contributed by atoms with Crippen molar-refractivity contribution >= 4 is 46.7 Å². The Balaban J connectivity index is 1.16. The molecule has 0 radical (unpaired) electrons. The smallest absolute Gasteiger partial charge is 0.410 e. The van der Waals surface area contributed by atoms with E-state index in [0.717, 1.165) is 13.0 Å². The molecule has 0 aliphatic carbocycles. The van der Waals surface area contributed by atoms with Crippen molar-refractivity contribution in [1.29, 1.82) is 0 Å². The average Bonchev–Trinajstić information content (AvgIpc) is 3.82. The highest BCUT2D eigenvalue weighted by atomic mass is 35.5. The molecule has 5 aromatic rings. The Labute approximate surface area is 351 Å². The summed E-state index contributed by atoms with van der Waals surface area (Å²) in [5, 5.41) is 18.1. The van der Waals surface area contributed by atoms with Crippen molar-refractivity contribution in [3.05, 3.63) is 92.6 Å². The topological polar surface area (TPSA) is 161 Å². The maximum atomic E-state index is 13.6. The second kappa shape index (κ2) is 17.0. The number of hydrogen-bond acceptors (Lipinski definition) is 9. The largest absolute Gasteiger partial charge is 0.481 e. The summed E-state index contributed by atoms with van der Waals surface area (Å²) in [5.74, 6) is -0.474. The molecule has 2 fully saturated rings. The van der Waals surface area contributed by atoms with E-state index in [1.54, 1.807) is 49.5 Å². The molecule has 0 saturated carbocycles. The number of nitrogens with zero attached hydrogens (tertiary/aromatic N) is 6. The van der Waals surface area contributed by atoms with Gasteiger partial charge in [0.25, 0.3) is 5.56 Å². The number of carboxylic acids is 1. The summed E-state index contributed by atoms with van der Waals surface area (Å²) < 4.78 is 14.5. The molecule has 3 aromatic heterocycles. The molecule has 310 valence electrons. The lowest BCUT2D eigenvalue weighted by Gasteiger charge is -2.30. The van der Waals surface area contributed by atoms with E-state index in [1.807, 2.05) is 53.4 Å². The van der Waals surface area contributed by atoms with Crippen molar-refractivity contribution < 1.29 is 29.0 Å². The molecule has 2 aliphatic rings. The predicted octanol–water partition coefficient (Wildman–Crippen LogP) is 7.06. The Morgan fingerprint density at radius 3 is 2.36 bits per heavy atom. The standard InChI is InChI=1S/C43H47Cl2N7O7/c1-43(2,3)59-42(57)51(23-28-15-17-36(53)46-28)21-25-14-16-33(47-39(25)58-5)32-13-7-12-31(38(32)45)30-11-6-10-29(37(30)44)27-19-34-40(54)49(4)35(48-52(34)22-27)24-50-18-8-9-26(20-50)41(55)56/h6-7,10-14,16,19,22,26,28H,8-9,15,17-18,20-21,23-24H2,1-5H3,(H,46,53)(H,55,56)/t26-,28-/m0/s1. The lowest BCUT2D eigenvalue weighted by atomic mass is 9.97. The van der Waals surface area contributed by atoms with Crippen LogP contribution >= 0.6 is 23.2 Å². The summed E-state index contributed by atoms with van der Waals surface area (Å²) in [6, 6.07) is 16.4. The zero-order valence-corrected chi connectivity index (χ0v) is 35.1. The Hall–Kier alpha value is -5.44. The number of carbonyl (C=O) groups excluding carboxylic acids is 2. The van der Waals surface area contributed by atoms with Gasteiger partial charge in [-0.25, -0.2) is 14.3 Å².